The van der Waals surface area contributed by atoms with Gasteiger partial charge < -0.3 is 15.0 Å². The predicted octanol–water partition coefficient (Wildman–Crippen LogP) is 4.58. The largest absolute Gasteiger partial charge is 0.444 e. The van der Waals surface area contributed by atoms with Crippen molar-refractivity contribution in [2.75, 3.05) is 25.4 Å². The van der Waals surface area contributed by atoms with Crippen molar-refractivity contribution in [1.29, 1.82) is 0 Å². The summed E-state index contributed by atoms with van der Waals surface area (Å²) in [6.07, 6.45) is 2.41. The van der Waals surface area contributed by atoms with Gasteiger partial charge in [-0.15, -0.1) is 0 Å². The number of halogens is 3. The van der Waals surface area contributed by atoms with Gasteiger partial charge >= 0.3 is 11.6 Å². The standard InChI is InChI=1S/C22H29F3N4O3S/c1-14-16(19(30)26-8-10-33-22(23,24)25)5-6-18-17(14)13-29(27-18)12-15-7-9-28(11-15)20(31)32-21(2,3)4/h5-6,13,15H,7-12H2,1-4H3,(H,26,30). The van der Waals surface area contributed by atoms with Crippen LogP contribution >= 0.6 is 11.8 Å². The van der Waals surface area contributed by atoms with Crippen LogP contribution in [0, 0.1) is 12.8 Å². The summed E-state index contributed by atoms with van der Waals surface area (Å²) in [6, 6.07) is 3.38. The molecular weight excluding hydrogens is 457 g/mol. The molecule has 1 fully saturated rings. The lowest BCUT2D eigenvalue weighted by atomic mass is 10.0. The number of thioether (sulfide) groups is 1. The average Bonchev–Trinajstić information content (AvgIpc) is 3.31. The van der Waals surface area contributed by atoms with Gasteiger partial charge in [-0.3, -0.25) is 9.48 Å². The second-order valence-corrected chi connectivity index (χ2v) is 10.3. The molecule has 7 nitrogen and oxygen atoms in total. The second-order valence-electron chi connectivity index (χ2n) is 9.15. The Labute approximate surface area is 195 Å². The molecule has 0 radical (unpaired) electrons. The Morgan fingerprint density at radius 3 is 2.67 bits per heavy atom. The Balaban J connectivity index is 1.61. The van der Waals surface area contributed by atoms with Crippen LogP contribution in [0.1, 0.15) is 43.1 Å². The Bertz CT molecular complexity index is 1020. The van der Waals surface area contributed by atoms with Crippen LogP contribution in [0.5, 0.6) is 0 Å². The SMILES string of the molecule is Cc1c(C(=O)NCCSC(F)(F)F)ccc2nn(CC3CCN(C(=O)OC(C)(C)C)C3)cc12. The fourth-order valence-electron chi connectivity index (χ4n) is 3.79. The molecule has 1 aliphatic heterocycles. The minimum Gasteiger partial charge on any atom is -0.444 e. The number of aromatic nitrogens is 2. The quantitative estimate of drug-likeness (QED) is 0.605. The molecule has 1 aromatic heterocycles. The van der Waals surface area contributed by atoms with Crippen molar-refractivity contribution in [3.05, 3.63) is 29.5 Å². The van der Waals surface area contributed by atoms with Crippen LogP contribution in [-0.4, -0.2) is 63.2 Å². The molecule has 182 valence electrons. The fourth-order valence-corrected chi connectivity index (χ4v) is 4.22. The van der Waals surface area contributed by atoms with Gasteiger partial charge in [0.1, 0.15) is 5.60 Å². The topological polar surface area (TPSA) is 76.5 Å². The van der Waals surface area contributed by atoms with Gasteiger partial charge in [0.05, 0.1) is 5.52 Å². The number of amides is 2. The van der Waals surface area contributed by atoms with Crippen molar-refractivity contribution in [3.8, 4) is 0 Å². The van der Waals surface area contributed by atoms with E-state index in [2.05, 4.69) is 10.4 Å². The number of carbonyl (C=O) groups excluding carboxylic acids is 2. The number of carbonyl (C=O) groups is 2. The lowest BCUT2D eigenvalue weighted by Gasteiger charge is -2.24. The molecule has 1 saturated heterocycles. The highest BCUT2D eigenvalue weighted by Crippen LogP contribution is 2.29. The maximum atomic E-state index is 12.4. The summed E-state index contributed by atoms with van der Waals surface area (Å²) < 4.78 is 44.0. The molecule has 2 amide bonds. The normalized spacial score (nSPS) is 16.9. The molecule has 0 saturated carbocycles. The maximum Gasteiger partial charge on any atom is 0.441 e. The van der Waals surface area contributed by atoms with Gasteiger partial charge in [-0.2, -0.15) is 18.3 Å². The Morgan fingerprint density at radius 2 is 2.00 bits per heavy atom. The molecule has 1 unspecified atom stereocenters. The van der Waals surface area contributed by atoms with Gasteiger partial charge in [-0.1, -0.05) is 0 Å². The van der Waals surface area contributed by atoms with E-state index in [1.165, 1.54) is 0 Å². The van der Waals surface area contributed by atoms with Crippen molar-refractivity contribution in [1.82, 2.24) is 20.0 Å². The minimum absolute atomic E-state index is 0.0738. The highest BCUT2D eigenvalue weighted by molar-refractivity contribution is 8.00. The molecule has 1 aliphatic rings. The van der Waals surface area contributed by atoms with Gasteiger partial charge in [0.2, 0.25) is 0 Å². The highest BCUT2D eigenvalue weighted by Gasteiger charge is 2.30. The molecule has 2 heterocycles. The molecule has 1 aromatic carbocycles. The van der Waals surface area contributed by atoms with E-state index in [0.717, 1.165) is 22.9 Å². The van der Waals surface area contributed by atoms with Gasteiger partial charge in [-0.05, 0) is 69.5 Å². The first-order valence-electron chi connectivity index (χ1n) is 10.8. The van der Waals surface area contributed by atoms with Crippen LogP contribution < -0.4 is 5.32 Å². The number of nitrogens with one attached hydrogen (secondary N) is 1. The zero-order valence-electron chi connectivity index (χ0n) is 19.2. The molecule has 11 heteroatoms. The third-order valence-corrected chi connectivity index (χ3v) is 6.02. The summed E-state index contributed by atoms with van der Waals surface area (Å²) in [4.78, 5) is 26.4. The van der Waals surface area contributed by atoms with Crippen molar-refractivity contribution in [2.45, 2.75) is 51.8 Å². The summed E-state index contributed by atoms with van der Waals surface area (Å²) >= 11 is -0.160. The summed E-state index contributed by atoms with van der Waals surface area (Å²) in [6.45, 7) is 9.10. The summed E-state index contributed by atoms with van der Waals surface area (Å²) in [7, 11) is 0. The first-order chi connectivity index (χ1) is 15.3. The molecule has 3 rings (SSSR count). The van der Waals surface area contributed by atoms with Crippen molar-refractivity contribution in [2.24, 2.45) is 5.92 Å². The fraction of sp³-hybridized carbons (Fsp3) is 0.591. The van der Waals surface area contributed by atoms with Crippen LogP contribution in [0.3, 0.4) is 0 Å². The molecule has 2 aromatic rings. The first-order valence-corrected chi connectivity index (χ1v) is 11.7. The van der Waals surface area contributed by atoms with Gasteiger partial charge in [0.25, 0.3) is 5.91 Å². The number of ether oxygens (including phenoxy) is 1. The first kappa shape index (κ1) is 25.2. The number of rotatable bonds is 6. The third-order valence-electron chi connectivity index (χ3n) is 5.29. The van der Waals surface area contributed by atoms with Gasteiger partial charge in [0, 0.05) is 49.1 Å². The maximum absolute atomic E-state index is 12.4. The van der Waals surface area contributed by atoms with Crippen LogP contribution in [0.15, 0.2) is 18.3 Å². The van der Waals surface area contributed by atoms with E-state index >= 15 is 0 Å². The predicted molar refractivity (Wildman–Crippen MR) is 121 cm³/mol. The van der Waals surface area contributed by atoms with E-state index in [-0.39, 0.29) is 36.1 Å². The number of nitrogens with zero attached hydrogens (tertiary/aromatic N) is 3. The third kappa shape index (κ3) is 7.02. The van der Waals surface area contributed by atoms with Crippen LogP contribution in [0.2, 0.25) is 0 Å². The molecule has 0 aliphatic carbocycles. The van der Waals surface area contributed by atoms with Gasteiger partial charge in [0.15, 0.2) is 0 Å². The molecule has 0 spiro atoms. The van der Waals surface area contributed by atoms with Crippen LogP contribution in [-0.2, 0) is 11.3 Å². The smallest absolute Gasteiger partial charge is 0.441 e. The summed E-state index contributed by atoms with van der Waals surface area (Å²) in [5.41, 5.74) is -2.97. The Hall–Kier alpha value is -2.43. The Kier molecular flexibility index (Phi) is 7.50. The zero-order chi connectivity index (χ0) is 24.4. The van der Waals surface area contributed by atoms with E-state index in [9.17, 15) is 22.8 Å². The van der Waals surface area contributed by atoms with E-state index in [0.29, 0.717) is 25.2 Å². The molecule has 1 N–H and O–H groups in total. The average molecular weight is 487 g/mol. The number of aryl methyl sites for hydroxylation is 1. The van der Waals surface area contributed by atoms with Crippen LogP contribution in [0.4, 0.5) is 18.0 Å². The molecule has 33 heavy (non-hydrogen) atoms. The number of alkyl halides is 3. The van der Waals surface area contributed by atoms with Gasteiger partial charge in [-0.25, -0.2) is 4.79 Å². The number of hydrogen-bond donors (Lipinski definition) is 1. The zero-order valence-corrected chi connectivity index (χ0v) is 20.0. The lowest BCUT2D eigenvalue weighted by Crippen LogP contribution is -2.35. The number of fused-ring (bicyclic) bond motifs is 1. The summed E-state index contributed by atoms with van der Waals surface area (Å²) in [5.74, 6) is -0.411. The van der Waals surface area contributed by atoms with E-state index in [4.69, 9.17) is 4.74 Å². The minimum atomic E-state index is -4.31. The van der Waals surface area contributed by atoms with Crippen molar-refractivity contribution < 1.29 is 27.5 Å². The Morgan fingerprint density at radius 1 is 1.27 bits per heavy atom. The monoisotopic (exact) mass is 486 g/mol. The van der Waals surface area contributed by atoms with Crippen LogP contribution in [0.25, 0.3) is 10.9 Å². The molecular formula is C22H29F3N4O3S. The van der Waals surface area contributed by atoms with E-state index < -0.39 is 17.0 Å². The van der Waals surface area contributed by atoms with Crippen molar-refractivity contribution >= 4 is 34.7 Å². The van der Waals surface area contributed by atoms with E-state index in [1.807, 2.05) is 31.6 Å². The van der Waals surface area contributed by atoms with E-state index in [1.54, 1.807) is 24.0 Å². The molecule has 1 atom stereocenters. The highest BCUT2D eigenvalue weighted by atomic mass is 32.2. The molecule has 0 bridgehead atoms. The van der Waals surface area contributed by atoms with Crippen molar-refractivity contribution in [3.63, 3.8) is 0 Å². The number of benzene rings is 1. The number of likely N-dealkylation sites (tertiary alicyclic amines) is 1. The number of hydrogen-bond acceptors (Lipinski definition) is 5. The second kappa shape index (κ2) is 9.82. The lowest BCUT2D eigenvalue weighted by molar-refractivity contribution is -0.0327. The summed E-state index contributed by atoms with van der Waals surface area (Å²) in [5, 5.41) is 7.94.